The lowest BCUT2D eigenvalue weighted by Gasteiger charge is -2.51. The molecule has 88 valence electrons. The molecule has 1 fully saturated rings. The molecule has 0 saturated heterocycles. The van der Waals surface area contributed by atoms with E-state index in [1.54, 1.807) is 7.11 Å². The van der Waals surface area contributed by atoms with Gasteiger partial charge in [0, 0.05) is 29.2 Å². The Labute approximate surface area is 105 Å². The molecular weight excluding hydrogens is 268 g/mol. The molecular formula is C12H17BrN2O. The number of methoxy groups -OCH3 is 1. The molecule has 0 aromatic carbocycles. The highest BCUT2D eigenvalue weighted by atomic mass is 79.9. The van der Waals surface area contributed by atoms with Crippen molar-refractivity contribution in [3.63, 3.8) is 0 Å². The van der Waals surface area contributed by atoms with E-state index < -0.39 is 0 Å². The van der Waals surface area contributed by atoms with Crippen LogP contribution in [0.15, 0.2) is 22.8 Å². The van der Waals surface area contributed by atoms with Crippen molar-refractivity contribution in [2.45, 2.75) is 32.4 Å². The molecule has 2 atom stereocenters. The first kappa shape index (κ1) is 11.9. The van der Waals surface area contributed by atoms with Crippen LogP contribution in [0.5, 0.6) is 0 Å². The predicted octanol–water partition coefficient (Wildman–Crippen LogP) is 3.07. The predicted molar refractivity (Wildman–Crippen MR) is 68.5 cm³/mol. The van der Waals surface area contributed by atoms with Crippen molar-refractivity contribution in [3.8, 4) is 0 Å². The van der Waals surface area contributed by atoms with Crippen molar-refractivity contribution in [2.24, 2.45) is 5.41 Å². The molecule has 1 aromatic rings. The van der Waals surface area contributed by atoms with Crippen LogP contribution >= 0.6 is 15.9 Å². The number of nitrogens with zero attached hydrogens (tertiary/aromatic N) is 1. The van der Waals surface area contributed by atoms with Crippen LogP contribution in [0.25, 0.3) is 0 Å². The van der Waals surface area contributed by atoms with Gasteiger partial charge in [-0.25, -0.2) is 4.98 Å². The van der Waals surface area contributed by atoms with Crippen LogP contribution in [0.2, 0.25) is 0 Å². The lowest BCUT2D eigenvalue weighted by molar-refractivity contribution is -0.0795. The molecule has 3 nitrogen and oxygen atoms in total. The summed E-state index contributed by atoms with van der Waals surface area (Å²) in [6.45, 7) is 4.45. The van der Waals surface area contributed by atoms with Crippen molar-refractivity contribution >= 4 is 21.7 Å². The molecule has 2 unspecified atom stereocenters. The fraction of sp³-hybridized carbons (Fsp3) is 0.583. The normalized spacial score (nSPS) is 27.2. The van der Waals surface area contributed by atoms with Gasteiger partial charge in [0.2, 0.25) is 0 Å². The topological polar surface area (TPSA) is 34.1 Å². The molecule has 1 aromatic heterocycles. The number of aromatic nitrogens is 1. The highest BCUT2D eigenvalue weighted by Gasteiger charge is 2.48. The van der Waals surface area contributed by atoms with Crippen molar-refractivity contribution in [1.82, 2.24) is 4.98 Å². The molecule has 0 amide bonds. The van der Waals surface area contributed by atoms with E-state index in [1.807, 2.05) is 18.3 Å². The van der Waals surface area contributed by atoms with Gasteiger partial charge in [-0.3, -0.25) is 0 Å². The van der Waals surface area contributed by atoms with E-state index in [0.29, 0.717) is 12.1 Å². The second kappa shape index (κ2) is 4.34. The summed E-state index contributed by atoms with van der Waals surface area (Å²) in [6.07, 6.45) is 3.20. The van der Waals surface area contributed by atoms with Crippen molar-refractivity contribution in [2.75, 3.05) is 12.4 Å². The van der Waals surface area contributed by atoms with E-state index in [4.69, 9.17) is 4.74 Å². The third kappa shape index (κ3) is 2.09. The molecule has 4 heteroatoms. The summed E-state index contributed by atoms with van der Waals surface area (Å²) in [5, 5.41) is 3.45. The van der Waals surface area contributed by atoms with Gasteiger partial charge in [0.1, 0.15) is 5.82 Å². The summed E-state index contributed by atoms with van der Waals surface area (Å²) >= 11 is 3.38. The fourth-order valence-corrected chi connectivity index (χ4v) is 2.40. The minimum atomic E-state index is 0.170. The zero-order chi connectivity index (χ0) is 11.8. The zero-order valence-corrected chi connectivity index (χ0v) is 11.4. The van der Waals surface area contributed by atoms with Crippen molar-refractivity contribution < 1.29 is 4.74 Å². The average molecular weight is 285 g/mol. The summed E-state index contributed by atoms with van der Waals surface area (Å²) in [6, 6.07) is 4.42. The maximum absolute atomic E-state index is 5.42. The Kier molecular flexibility index (Phi) is 3.22. The van der Waals surface area contributed by atoms with Crippen molar-refractivity contribution in [3.05, 3.63) is 22.8 Å². The number of ether oxygens (including phenoxy) is 1. The number of rotatable bonds is 3. The third-order valence-electron chi connectivity index (χ3n) is 3.51. The lowest BCUT2D eigenvalue weighted by Crippen LogP contribution is -2.57. The first-order chi connectivity index (χ1) is 7.54. The maximum Gasteiger partial charge on any atom is 0.126 e. The molecule has 1 N–H and O–H groups in total. The number of hydrogen-bond donors (Lipinski definition) is 1. The highest BCUT2D eigenvalue weighted by Crippen LogP contribution is 2.43. The van der Waals surface area contributed by atoms with Gasteiger partial charge < -0.3 is 10.1 Å². The molecule has 0 radical (unpaired) electrons. The highest BCUT2D eigenvalue weighted by molar-refractivity contribution is 9.10. The number of hydrogen-bond acceptors (Lipinski definition) is 3. The minimum Gasteiger partial charge on any atom is -0.381 e. The Morgan fingerprint density at radius 2 is 2.25 bits per heavy atom. The summed E-state index contributed by atoms with van der Waals surface area (Å²) in [5.41, 5.74) is 0.170. The van der Waals surface area contributed by atoms with E-state index in [-0.39, 0.29) is 5.41 Å². The van der Waals surface area contributed by atoms with Crippen LogP contribution in [-0.2, 0) is 4.74 Å². The molecule has 2 rings (SSSR count). The molecule has 1 saturated carbocycles. The average Bonchev–Trinajstić information content (AvgIpc) is 2.26. The van der Waals surface area contributed by atoms with Gasteiger partial charge in [-0.05, 0) is 34.5 Å². The number of pyridine rings is 1. The Balaban J connectivity index is 1.99. The van der Waals surface area contributed by atoms with E-state index in [2.05, 4.69) is 40.1 Å². The molecule has 0 bridgehead atoms. The number of halogens is 1. The second-order valence-electron chi connectivity index (χ2n) is 4.84. The molecule has 0 spiro atoms. The van der Waals surface area contributed by atoms with Crippen LogP contribution in [0.4, 0.5) is 5.82 Å². The van der Waals surface area contributed by atoms with Crippen LogP contribution < -0.4 is 5.32 Å². The van der Waals surface area contributed by atoms with Crippen LogP contribution in [-0.4, -0.2) is 24.2 Å². The smallest absolute Gasteiger partial charge is 0.126 e. The zero-order valence-electron chi connectivity index (χ0n) is 9.83. The number of anilines is 1. The van der Waals surface area contributed by atoms with E-state index in [9.17, 15) is 0 Å². The third-order valence-corrected chi connectivity index (χ3v) is 3.98. The van der Waals surface area contributed by atoms with Crippen LogP contribution in [0, 0.1) is 5.41 Å². The second-order valence-corrected chi connectivity index (χ2v) is 5.76. The Morgan fingerprint density at radius 3 is 2.75 bits per heavy atom. The Hall–Kier alpha value is -0.610. The summed E-state index contributed by atoms with van der Waals surface area (Å²) in [7, 11) is 1.78. The van der Waals surface area contributed by atoms with Gasteiger partial charge in [0.15, 0.2) is 0 Å². The molecule has 1 heterocycles. The Morgan fingerprint density at radius 1 is 1.50 bits per heavy atom. The lowest BCUT2D eigenvalue weighted by atomic mass is 9.64. The standard InChI is InChI=1S/C12H17BrN2O/c1-12(2)9(6-10(12)16-3)15-11-5-4-8(13)7-14-11/h4-5,7,9-10H,6H2,1-3H3,(H,14,15). The largest absolute Gasteiger partial charge is 0.381 e. The van der Waals surface area contributed by atoms with Gasteiger partial charge in [-0.2, -0.15) is 0 Å². The van der Waals surface area contributed by atoms with E-state index >= 15 is 0 Å². The minimum absolute atomic E-state index is 0.170. The Bertz CT molecular complexity index is 364. The maximum atomic E-state index is 5.42. The van der Waals surface area contributed by atoms with Gasteiger partial charge in [0.25, 0.3) is 0 Å². The fourth-order valence-electron chi connectivity index (χ4n) is 2.17. The van der Waals surface area contributed by atoms with Gasteiger partial charge >= 0.3 is 0 Å². The summed E-state index contributed by atoms with van der Waals surface area (Å²) in [5.74, 6) is 0.927. The van der Waals surface area contributed by atoms with E-state index in [0.717, 1.165) is 16.7 Å². The molecule has 0 aliphatic heterocycles. The molecule has 16 heavy (non-hydrogen) atoms. The monoisotopic (exact) mass is 284 g/mol. The SMILES string of the molecule is COC1CC(Nc2ccc(Br)cn2)C1(C)C. The summed E-state index contributed by atoms with van der Waals surface area (Å²) < 4.78 is 6.42. The molecule has 1 aliphatic carbocycles. The van der Waals surface area contributed by atoms with Crippen LogP contribution in [0.1, 0.15) is 20.3 Å². The first-order valence-electron chi connectivity index (χ1n) is 5.45. The van der Waals surface area contributed by atoms with E-state index in [1.165, 1.54) is 0 Å². The van der Waals surface area contributed by atoms with Gasteiger partial charge in [0.05, 0.1) is 6.10 Å². The van der Waals surface area contributed by atoms with Gasteiger partial charge in [-0.15, -0.1) is 0 Å². The quantitative estimate of drug-likeness (QED) is 0.926. The molecule has 1 aliphatic rings. The van der Waals surface area contributed by atoms with Gasteiger partial charge in [-0.1, -0.05) is 13.8 Å². The summed E-state index contributed by atoms with van der Waals surface area (Å²) in [4.78, 5) is 4.32. The van der Waals surface area contributed by atoms with Crippen molar-refractivity contribution in [1.29, 1.82) is 0 Å². The number of nitrogens with one attached hydrogen (secondary N) is 1. The van der Waals surface area contributed by atoms with Crippen LogP contribution in [0.3, 0.4) is 0 Å². The first-order valence-corrected chi connectivity index (χ1v) is 6.24.